The van der Waals surface area contributed by atoms with Crippen LogP contribution in [0.4, 0.5) is 11.4 Å². The highest BCUT2D eigenvalue weighted by Gasteiger charge is 2.13. The number of anilines is 2. The molecule has 0 aliphatic rings. The first-order chi connectivity index (χ1) is 11.9. The second-order valence-electron chi connectivity index (χ2n) is 5.10. The van der Waals surface area contributed by atoms with Crippen LogP contribution in [0, 0.1) is 6.92 Å². The summed E-state index contributed by atoms with van der Waals surface area (Å²) in [5.74, 6) is -2.62. The van der Waals surface area contributed by atoms with Gasteiger partial charge in [-0.3, -0.25) is 9.59 Å². The fraction of sp³-hybridized carbons (Fsp3) is 0.0556. The number of carboxylic acid groups (broad SMARTS) is 1. The number of rotatable bonds is 5. The van der Waals surface area contributed by atoms with Crippen LogP contribution in [0.3, 0.4) is 0 Å². The van der Waals surface area contributed by atoms with E-state index in [9.17, 15) is 19.5 Å². The minimum atomic E-state index is -1.49. The molecule has 6 nitrogen and oxygen atoms in total. The van der Waals surface area contributed by atoms with Gasteiger partial charge in [0.05, 0.1) is 17.2 Å². The van der Waals surface area contributed by atoms with Gasteiger partial charge in [0.25, 0.3) is 5.91 Å². The van der Waals surface area contributed by atoms with Crippen LogP contribution in [0.5, 0.6) is 0 Å². The van der Waals surface area contributed by atoms with Crippen LogP contribution in [-0.4, -0.2) is 17.8 Å². The number of aryl methyl sites for hydroxylation is 1. The Hall–Kier alpha value is -3.12. The molecule has 0 bridgehead atoms. The zero-order valence-electron chi connectivity index (χ0n) is 13.2. The van der Waals surface area contributed by atoms with Crippen LogP contribution in [0.25, 0.3) is 0 Å². The number of para-hydroxylation sites is 1. The number of aliphatic carboxylic acids is 1. The maximum atomic E-state index is 12.5. The van der Waals surface area contributed by atoms with Gasteiger partial charge in [-0.15, -0.1) is 0 Å². The Morgan fingerprint density at radius 2 is 1.72 bits per heavy atom. The first-order valence-electron chi connectivity index (χ1n) is 7.23. The Labute approximate surface area is 149 Å². The predicted octanol–water partition coefficient (Wildman–Crippen LogP) is 2.15. The molecule has 0 fully saturated rings. The highest BCUT2D eigenvalue weighted by molar-refractivity contribution is 6.31. The van der Waals surface area contributed by atoms with Crippen molar-refractivity contribution < 1.29 is 19.5 Å². The number of hydrogen-bond acceptors (Lipinski definition) is 4. The van der Waals surface area contributed by atoms with Gasteiger partial charge < -0.3 is 20.5 Å². The molecule has 2 aromatic rings. The second kappa shape index (κ2) is 8.12. The van der Waals surface area contributed by atoms with E-state index in [1.807, 2.05) is 6.92 Å². The maximum Gasteiger partial charge on any atom is 0.257 e. The van der Waals surface area contributed by atoms with E-state index in [0.717, 1.165) is 11.6 Å². The van der Waals surface area contributed by atoms with Gasteiger partial charge in [-0.05, 0) is 42.8 Å². The van der Waals surface area contributed by atoms with E-state index in [0.29, 0.717) is 16.8 Å². The molecule has 0 unspecified atom stereocenters. The largest absolute Gasteiger partial charge is 0.545 e. The molecule has 0 aliphatic heterocycles. The maximum absolute atomic E-state index is 12.5. The minimum absolute atomic E-state index is 0.220. The summed E-state index contributed by atoms with van der Waals surface area (Å²) in [6, 6.07) is 11.5. The van der Waals surface area contributed by atoms with Crippen molar-refractivity contribution in [2.24, 2.45) is 0 Å². The normalized spacial score (nSPS) is 10.5. The van der Waals surface area contributed by atoms with Crippen LogP contribution < -0.4 is 15.7 Å². The summed E-state index contributed by atoms with van der Waals surface area (Å²) in [6.07, 6.45) is 1.42. The molecule has 2 rings (SSSR count). The zero-order chi connectivity index (χ0) is 18.4. The van der Waals surface area contributed by atoms with Crippen molar-refractivity contribution in [2.75, 3.05) is 10.6 Å². The number of carbonyl (C=O) groups is 3. The van der Waals surface area contributed by atoms with Crippen LogP contribution in [0.1, 0.15) is 15.9 Å². The van der Waals surface area contributed by atoms with Crippen LogP contribution in [-0.2, 0) is 9.59 Å². The average molecular weight is 358 g/mol. The molecule has 2 aromatic carbocycles. The zero-order valence-corrected chi connectivity index (χ0v) is 14.0. The molecule has 7 heteroatoms. The Morgan fingerprint density at radius 1 is 1.00 bits per heavy atom. The lowest BCUT2D eigenvalue weighted by molar-refractivity contribution is -0.297. The Bertz CT molecular complexity index is 862. The fourth-order valence-corrected chi connectivity index (χ4v) is 2.20. The number of carboxylic acids is 1. The Kier molecular flexibility index (Phi) is 5.92. The molecule has 2 amide bonds. The van der Waals surface area contributed by atoms with Crippen molar-refractivity contribution in [1.82, 2.24) is 0 Å². The third-order valence-corrected chi connectivity index (χ3v) is 3.48. The van der Waals surface area contributed by atoms with Crippen LogP contribution >= 0.6 is 11.6 Å². The summed E-state index contributed by atoms with van der Waals surface area (Å²) in [4.78, 5) is 34.6. The number of carbonyl (C=O) groups excluding carboxylic acids is 3. The smallest absolute Gasteiger partial charge is 0.257 e. The van der Waals surface area contributed by atoms with Gasteiger partial charge in [-0.2, -0.15) is 0 Å². The SMILES string of the molecule is Cc1ccc(Cl)cc1NC(=O)c1ccccc1NC(=O)C=CC(=O)[O-]. The minimum Gasteiger partial charge on any atom is -0.545 e. The van der Waals surface area contributed by atoms with E-state index >= 15 is 0 Å². The van der Waals surface area contributed by atoms with Crippen molar-refractivity contribution in [3.8, 4) is 0 Å². The molecule has 128 valence electrons. The first-order valence-corrected chi connectivity index (χ1v) is 7.61. The Balaban J connectivity index is 2.21. The van der Waals surface area contributed by atoms with Gasteiger partial charge in [0, 0.05) is 16.8 Å². The van der Waals surface area contributed by atoms with E-state index in [1.54, 1.807) is 30.3 Å². The van der Waals surface area contributed by atoms with E-state index in [4.69, 9.17) is 11.6 Å². The fourth-order valence-electron chi connectivity index (χ4n) is 2.03. The second-order valence-corrected chi connectivity index (χ2v) is 5.54. The number of halogens is 1. The summed E-state index contributed by atoms with van der Waals surface area (Å²) in [5.41, 5.74) is 1.84. The number of hydrogen-bond donors (Lipinski definition) is 2. The van der Waals surface area contributed by atoms with Gasteiger partial charge >= 0.3 is 0 Å². The summed E-state index contributed by atoms with van der Waals surface area (Å²) in [6.45, 7) is 1.82. The van der Waals surface area contributed by atoms with Crippen LogP contribution in [0.15, 0.2) is 54.6 Å². The van der Waals surface area contributed by atoms with E-state index in [1.165, 1.54) is 12.1 Å². The molecule has 0 spiro atoms. The van der Waals surface area contributed by atoms with Crippen molar-refractivity contribution >= 4 is 40.8 Å². The molecule has 0 radical (unpaired) electrons. The number of nitrogens with one attached hydrogen (secondary N) is 2. The molecule has 0 atom stereocenters. The van der Waals surface area contributed by atoms with Gasteiger partial charge in [-0.25, -0.2) is 0 Å². The highest BCUT2D eigenvalue weighted by atomic mass is 35.5. The third kappa shape index (κ3) is 5.19. The molecule has 0 aromatic heterocycles. The van der Waals surface area contributed by atoms with Gasteiger partial charge in [0.2, 0.25) is 5.91 Å². The van der Waals surface area contributed by atoms with E-state index < -0.39 is 17.8 Å². The van der Waals surface area contributed by atoms with Crippen LogP contribution in [0.2, 0.25) is 5.02 Å². The molecular weight excluding hydrogens is 344 g/mol. The standard InChI is InChI=1S/C18H15ClN2O4/c1-11-6-7-12(19)10-15(11)21-18(25)13-4-2-3-5-14(13)20-16(22)8-9-17(23)24/h2-10H,1H3,(H,20,22)(H,21,25)(H,23,24)/p-1. The molecule has 0 saturated carbocycles. The van der Waals surface area contributed by atoms with Gasteiger partial charge in [-0.1, -0.05) is 29.8 Å². The summed E-state index contributed by atoms with van der Waals surface area (Å²) in [5, 5.41) is 16.0. The molecular formula is C18H14ClN2O4-. The topological polar surface area (TPSA) is 98.3 Å². The predicted molar refractivity (Wildman–Crippen MR) is 93.4 cm³/mol. The molecule has 0 aliphatic carbocycles. The molecule has 2 N–H and O–H groups in total. The summed E-state index contributed by atoms with van der Waals surface area (Å²) in [7, 11) is 0. The van der Waals surface area contributed by atoms with Crippen molar-refractivity contribution in [2.45, 2.75) is 6.92 Å². The lowest BCUT2D eigenvalue weighted by Crippen LogP contribution is -2.20. The molecule has 0 heterocycles. The summed E-state index contributed by atoms with van der Waals surface area (Å²) < 4.78 is 0. The average Bonchev–Trinajstić information content (AvgIpc) is 2.56. The molecule has 25 heavy (non-hydrogen) atoms. The lowest BCUT2D eigenvalue weighted by Gasteiger charge is -2.12. The van der Waals surface area contributed by atoms with Crippen molar-refractivity contribution in [3.63, 3.8) is 0 Å². The van der Waals surface area contributed by atoms with E-state index in [2.05, 4.69) is 10.6 Å². The van der Waals surface area contributed by atoms with Gasteiger partial charge in [0.15, 0.2) is 0 Å². The quantitative estimate of drug-likeness (QED) is 0.801. The summed E-state index contributed by atoms with van der Waals surface area (Å²) >= 11 is 5.94. The van der Waals surface area contributed by atoms with E-state index in [-0.39, 0.29) is 11.3 Å². The third-order valence-electron chi connectivity index (χ3n) is 3.25. The number of amides is 2. The Morgan fingerprint density at radius 3 is 2.44 bits per heavy atom. The number of benzene rings is 2. The van der Waals surface area contributed by atoms with Crippen molar-refractivity contribution in [3.05, 3.63) is 70.8 Å². The first kappa shape index (κ1) is 18.2. The monoisotopic (exact) mass is 357 g/mol. The van der Waals surface area contributed by atoms with Gasteiger partial charge in [0.1, 0.15) is 0 Å². The highest BCUT2D eigenvalue weighted by Crippen LogP contribution is 2.22. The van der Waals surface area contributed by atoms with Crippen molar-refractivity contribution in [1.29, 1.82) is 0 Å². The lowest BCUT2D eigenvalue weighted by atomic mass is 10.1. The molecule has 0 saturated heterocycles.